The molecule has 0 aliphatic carbocycles. The van der Waals surface area contributed by atoms with Gasteiger partial charge in [0.1, 0.15) is 4.32 Å². The number of benzene rings is 1. The predicted molar refractivity (Wildman–Crippen MR) is 136 cm³/mol. The number of esters is 1. The molecule has 2 aliphatic rings. The summed E-state index contributed by atoms with van der Waals surface area (Å²) < 4.78 is 21.6. The van der Waals surface area contributed by atoms with Crippen LogP contribution in [0.4, 0.5) is 0 Å². The Morgan fingerprint density at radius 1 is 1.14 bits per heavy atom. The van der Waals surface area contributed by atoms with Crippen molar-refractivity contribution in [2.45, 2.75) is 25.7 Å². The highest BCUT2D eigenvalue weighted by molar-refractivity contribution is 8.26. The second kappa shape index (κ2) is 13.5. The minimum absolute atomic E-state index is 0.0893. The van der Waals surface area contributed by atoms with Crippen LogP contribution in [0.25, 0.3) is 6.08 Å². The van der Waals surface area contributed by atoms with E-state index in [2.05, 4.69) is 4.74 Å². The van der Waals surface area contributed by atoms with E-state index in [0.29, 0.717) is 66.4 Å². The Morgan fingerprint density at radius 3 is 2.63 bits per heavy atom. The topological polar surface area (TPSA) is 94.6 Å². The minimum Gasteiger partial charge on any atom is -0.493 e. The number of hydrogen-bond donors (Lipinski definition) is 0. The molecule has 1 aromatic rings. The van der Waals surface area contributed by atoms with E-state index in [-0.39, 0.29) is 24.4 Å². The Kier molecular flexibility index (Phi) is 10.4. The van der Waals surface area contributed by atoms with E-state index in [0.717, 1.165) is 18.4 Å². The van der Waals surface area contributed by atoms with Crippen LogP contribution in [0, 0.1) is 0 Å². The fraction of sp³-hybridized carbons (Fsp3) is 0.500. The minimum atomic E-state index is -0.228. The van der Waals surface area contributed by atoms with Crippen LogP contribution in [0.3, 0.4) is 0 Å². The van der Waals surface area contributed by atoms with Crippen molar-refractivity contribution in [3.63, 3.8) is 0 Å². The molecule has 0 unspecified atom stereocenters. The number of nitrogens with zero attached hydrogens (tertiary/aromatic N) is 2. The smallest absolute Gasteiger partial charge is 0.305 e. The van der Waals surface area contributed by atoms with Gasteiger partial charge in [0.05, 0.1) is 32.3 Å². The summed E-state index contributed by atoms with van der Waals surface area (Å²) in [4.78, 5) is 40.2. The highest BCUT2D eigenvalue weighted by Gasteiger charge is 2.31. The quantitative estimate of drug-likeness (QED) is 0.188. The van der Waals surface area contributed by atoms with E-state index in [1.54, 1.807) is 34.1 Å². The largest absolute Gasteiger partial charge is 0.493 e. The van der Waals surface area contributed by atoms with Gasteiger partial charge in [-0.05, 0) is 36.6 Å². The molecule has 2 aliphatic heterocycles. The number of methoxy groups -OCH3 is 2. The molecule has 0 spiro atoms. The summed E-state index contributed by atoms with van der Waals surface area (Å²) in [5, 5.41) is 0. The number of carbonyl (C=O) groups is 3. The second-order valence-corrected chi connectivity index (χ2v) is 9.59. The highest BCUT2D eigenvalue weighted by Crippen LogP contribution is 2.35. The lowest BCUT2D eigenvalue weighted by atomic mass is 10.1. The van der Waals surface area contributed by atoms with Gasteiger partial charge in [-0.25, -0.2) is 0 Å². The van der Waals surface area contributed by atoms with E-state index < -0.39 is 0 Å². The lowest BCUT2D eigenvalue weighted by Crippen LogP contribution is -2.43. The van der Waals surface area contributed by atoms with Crippen LogP contribution < -0.4 is 9.47 Å². The van der Waals surface area contributed by atoms with E-state index in [4.69, 9.17) is 26.4 Å². The van der Waals surface area contributed by atoms with Crippen molar-refractivity contribution in [2.24, 2.45) is 0 Å². The maximum atomic E-state index is 12.9. The first-order chi connectivity index (χ1) is 16.9. The Hall–Kier alpha value is -2.63. The Labute approximate surface area is 214 Å². The predicted octanol–water partition coefficient (Wildman–Crippen LogP) is 2.87. The lowest BCUT2D eigenvalue weighted by molar-refractivity contribution is -0.140. The third kappa shape index (κ3) is 7.68. The van der Waals surface area contributed by atoms with Crippen LogP contribution in [0.5, 0.6) is 11.5 Å². The third-order valence-electron chi connectivity index (χ3n) is 5.56. The van der Waals surface area contributed by atoms with E-state index in [9.17, 15) is 14.4 Å². The number of thioether (sulfide) groups is 1. The molecular weight excluding hydrogens is 492 g/mol. The molecule has 2 saturated heterocycles. The number of morpholine rings is 1. The van der Waals surface area contributed by atoms with Gasteiger partial charge in [0, 0.05) is 26.1 Å². The summed E-state index contributed by atoms with van der Waals surface area (Å²) in [5.41, 5.74) is 0.757. The molecule has 1 aromatic carbocycles. The summed E-state index contributed by atoms with van der Waals surface area (Å²) in [5.74, 6) is 0.450. The molecule has 190 valence electrons. The zero-order valence-corrected chi connectivity index (χ0v) is 21.6. The molecule has 2 heterocycles. The van der Waals surface area contributed by atoms with Crippen LogP contribution in [0.2, 0.25) is 0 Å². The molecule has 3 rings (SSSR count). The molecule has 2 fully saturated rings. The van der Waals surface area contributed by atoms with Crippen molar-refractivity contribution in [2.75, 3.05) is 53.7 Å². The zero-order chi connectivity index (χ0) is 25.2. The molecule has 0 radical (unpaired) electrons. The average molecular weight is 523 g/mol. The molecular formula is C24H30N2O7S2. The molecule has 11 heteroatoms. The average Bonchev–Trinajstić information content (AvgIpc) is 3.14. The maximum Gasteiger partial charge on any atom is 0.305 e. The SMILES string of the molecule is COC(=O)CCCCCN1C(=O)/C(=C\c2ccc(OCC(=O)N3CCOCC3)c(OC)c2)SC1=S. The number of amides is 2. The molecule has 9 nitrogen and oxygen atoms in total. The van der Waals surface area contributed by atoms with Gasteiger partial charge in [-0.3, -0.25) is 19.3 Å². The maximum absolute atomic E-state index is 12.9. The van der Waals surface area contributed by atoms with Gasteiger partial charge < -0.3 is 23.8 Å². The van der Waals surface area contributed by atoms with Crippen molar-refractivity contribution in [1.82, 2.24) is 9.80 Å². The van der Waals surface area contributed by atoms with E-state index >= 15 is 0 Å². The van der Waals surface area contributed by atoms with Gasteiger partial charge in [-0.1, -0.05) is 36.5 Å². The molecule has 0 saturated carbocycles. The molecule has 0 N–H and O–H groups in total. The summed E-state index contributed by atoms with van der Waals surface area (Å²) in [7, 11) is 2.90. The van der Waals surface area contributed by atoms with Gasteiger partial charge in [-0.2, -0.15) is 0 Å². The molecule has 2 amide bonds. The van der Waals surface area contributed by atoms with E-state index in [1.165, 1.54) is 26.0 Å². The molecule has 0 aromatic heterocycles. The first kappa shape index (κ1) is 27.0. The Balaban J connectivity index is 1.56. The van der Waals surface area contributed by atoms with Crippen molar-refractivity contribution >= 4 is 52.2 Å². The van der Waals surface area contributed by atoms with Gasteiger partial charge >= 0.3 is 5.97 Å². The van der Waals surface area contributed by atoms with Crippen LogP contribution in [-0.4, -0.2) is 85.6 Å². The summed E-state index contributed by atoms with van der Waals surface area (Å²) >= 11 is 6.65. The number of hydrogen-bond acceptors (Lipinski definition) is 9. The monoisotopic (exact) mass is 522 g/mol. The van der Waals surface area contributed by atoms with Crippen molar-refractivity contribution in [3.8, 4) is 11.5 Å². The van der Waals surface area contributed by atoms with Gasteiger partial charge in [0.25, 0.3) is 11.8 Å². The van der Waals surface area contributed by atoms with E-state index in [1.807, 2.05) is 0 Å². The lowest BCUT2D eigenvalue weighted by Gasteiger charge is -2.26. The summed E-state index contributed by atoms with van der Waals surface area (Å²) in [6, 6.07) is 5.28. The fourth-order valence-corrected chi connectivity index (χ4v) is 4.91. The summed E-state index contributed by atoms with van der Waals surface area (Å²) in [6.45, 7) is 2.61. The van der Waals surface area contributed by atoms with Crippen LogP contribution in [0.15, 0.2) is 23.1 Å². The number of carbonyl (C=O) groups excluding carboxylic acids is 3. The molecule has 0 atom stereocenters. The number of rotatable bonds is 11. The molecule has 35 heavy (non-hydrogen) atoms. The number of thiocarbonyl (C=S) groups is 1. The molecule has 0 bridgehead atoms. The summed E-state index contributed by atoms with van der Waals surface area (Å²) in [6.07, 6.45) is 4.40. The van der Waals surface area contributed by atoms with Gasteiger partial charge in [0.2, 0.25) is 0 Å². The Morgan fingerprint density at radius 2 is 1.91 bits per heavy atom. The highest BCUT2D eigenvalue weighted by atomic mass is 32.2. The second-order valence-electron chi connectivity index (χ2n) is 7.91. The first-order valence-electron chi connectivity index (χ1n) is 11.4. The normalized spacial score (nSPS) is 17.1. The zero-order valence-electron chi connectivity index (χ0n) is 19.9. The number of unbranched alkanes of at least 4 members (excludes halogenated alkanes) is 2. The van der Waals surface area contributed by atoms with Crippen molar-refractivity contribution < 1.29 is 33.3 Å². The number of ether oxygens (including phenoxy) is 4. The van der Waals surface area contributed by atoms with Crippen LogP contribution >= 0.6 is 24.0 Å². The Bertz CT molecular complexity index is 977. The van der Waals surface area contributed by atoms with Gasteiger partial charge in [0.15, 0.2) is 18.1 Å². The fourth-order valence-electron chi connectivity index (χ4n) is 3.60. The standard InChI is InChI=1S/C24H30N2O7S2/c1-30-19-14-17(7-8-18(19)33-16-21(27)25-10-12-32-13-11-25)15-20-23(29)26(24(34)35-20)9-5-3-4-6-22(28)31-2/h7-8,14-15H,3-6,9-13,16H2,1-2H3/b20-15+. The van der Waals surface area contributed by atoms with Crippen molar-refractivity contribution in [3.05, 3.63) is 28.7 Å². The van der Waals surface area contributed by atoms with Crippen LogP contribution in [-0.2, 0) is 23.9 Å². The van der Waals surface area contributed by atoms with Gasteiger partial charge in [-0.15, -0.1) is 0 Å². The van der Waals surface area contributed by atoms with Crippen LogP contribution in [0.1, 0.15) is 31.2 Å². The van der Waals surface area contributed by atoms with Crippen molar-refractivity contribution in [1.29, 1.82) is 0 Å². The third-order valence-corrected chi connectivity index (χ3v) is 6.94. The first-order valence-corrected chi connectivity index (χ1v) is 12.6.